The number of aliphatic hydroxyl groups is 1. The number of aliphatic hydroxyl groups excluding tert-OH is 1. The number of carboxylic acid groups (broad SMARTS) is 1. The number of piperidine rings is 1. The highest BCUT2D eigenvalue weighted by Gasteiger charge is 2.27. The van der Waals surface area contributed by atoms with E-state index in [4.69, 9.17) is 15.9 Å². The Morgan fingerprint density at radius 1 is 0.968 bits per heavy atom. The van der Waals surface area contributed by atoms with Crippen molar-refractivity contribution in [2.45, 2.75) is 38.3 Å². The molecule has 1 aliphatic rings. The summed E-state index contributed by atoms with van der Waals surface area (Å²) in [6.45, 7) is 1.27. The minimum atomic E-state index is -1.05. The number of likely N-dealkylation sites (tertiary alicyclic amines) is 1. The second-order valence-corrected chi connectivity index (χ2v) is 7.98. The van der Waals surface area contributed by atoms with Gasteiger partial charge in [-0.05, 0) is 60.6 Å². The molecule has 1 fully saturated rings. The van der Waals surface area contributed by atoms with E-state index in [1.54, 1.807) is 4.90 Å². The molecule has 1 atom stereocenters. The van der Waals surface area contributed by atoms with Gasteiger partial charge >= 0.3 is 5.97 Å². The first-order chi connectivity index (χ1) is 14.9. The number of nitrogens with zero attached hydrogens (tertiary/aromatic N) is 1. The van der Waals surface area contributed by atoms with Gasteiger partial charge in [0.15, 0.2) is 0 Å². The van der Waals surface area contributed by atoms with Crippen molar-refractivity contribution < 1.29 is 19.8 Å². The highest BCUT2D eigenvalue weighted by Crippen LogP contribution is 2.22. The molecule has 2 aromatic carbocycles. The van der Waals surface area contributed by atoms with Crippen LogP contribution in [-0.4, -0.2) is 46.1 Å². The SMILES string of the molecule is N[C@H](CC(=O)O)C(=O)N1CCC(Cc2ccc(C#Cc3ccc(CO)cc3)cc2)CC1. The van der Waals surface area contributed by atoms with Gasteiger partial charge in [0.1, 0.15) is 0 Å². The Labute approximate surface area is 182 Å². The second kappa shape index (κ2) is 10.8. The normalized spacial score (nSPS) is 15.1. The predicted molar refractivity (Wildman–Crippen MR) is 118 cm³/mol. The number of nitrogens with two attached hydrogens (primary N) is 1. The van der Waals surface area contributed by atoms with E-state index in [0.717, 1.165) is 36.0 Å². The molecule has 3 rings (SSSR count). The van der Waals surface area contributed by atoms with Crippen LogP contribution in [0.1, 0.15) is 41.5 Å². The molecule has 0 unspecified atom stereocenters. The van der Waals surface area contributed by atoms with Crippen molar-refractivity contribution in [3.8, 4) is 11.8 Å². The summed E-state index contributed by atoms with van der Waals surface area (Å²) in [6, 6.07) is 14.8. The van der Waals surface area contributed by atoms with E-state index in [1.165, 1.54) is 5.56 Å². The zero-order chi connectivity index (χ0) is 22.2. The number of carboxylic acids is 1. The van der Waals surface area contributed by atoms with Crippen LogP contribution in [0.5, 0.6) is 0 Å². The van der Waals surface area contributed by atoms with Gasteiger partial charge in [0, 0.05) is 24.2 Å². The van der Waals surface area contributed by atoms with E-state index in [2.05, 4.69) is 24.0 Å². The molecule has 0 saturated carbocycles. The van der Waals surface area contributed by atoms with Crippen LogP contribution in [0.4, 0.5) is 0 Å². The molecule has 6 heteroatoms. The maximum absolute atomic E-state index is 12.2. The quantitative estimate of drug-likeness (QED) is 0.622. The van der Waals surface area contributed by atoms with Crippen LogP contribution >= 0.6 is 0 Å². The number of benzene rings is 2. The molecule has 0 aromatic heterocycles. The number of hydrogen-bond acceptors (Lipinski definition) is 4. The van der Waals surface area contributed by atoms with Crippen molar-refractivity contribution in [2.24, 2.45) is 11.7 Å². The largest absolute Gasteiger partial charge is 0.481 e. The molecule has 162 valence electrons. The fraction of sp³-hybridized carbons (Fsp3) is 0.360. The van der Waals surface area contributed by atoms with E-state index in [0.29, 0.717) is 19.0 Å². The summed E-state index contributed by atoms with van der Waals surface area (Å²) in [5, 5.41) is 17.9. The molecule has 1 amide bonds. The first-order valence-corrected chi connectivity index (χ1v) is 10.5. The number of amides is 1. The molecule has 0 aliphatic carbocycles. The van der Waals surface area contributed by atoms with Gasteiger partial charge in [-0.2, -0.15) is 0 Å². The Hall–Kier alpha value is -3.14. The van der Waals surface area contributed by atoms with E-state index < -0.39 is 12.0 Å². The summed E-state index contributed by atoms with van der Waals surface area (Å²) < 4.78 is 0. The van der Waals surface area contributed by atoms with Crippen LogP contribution in [-0.2, 0) is 22.6 Å². The van der Waals surface area contributed by atoms with Gasteiger partial charge < -0.3 is 20.8 Å². The van der Waals surface area contributed by atoms with Crippen molar-refractivity contribution in [3.63, 3.8) is 0 Å². The lowest BCUT2D eigenvalue weighted by Gasteiger charge is -2.33. The maximum Gasteiger partial charge on any atom is 0.305 e. The molecule has 0 bridgehead atoms. The topological polar surface area (TPSA) is 104 Å². The Morgan fingerprint density at radius 2 is 1.48 bits per heavy atom. The Bertz CT molecular complexity index is 950. The first-order valence-electron chi connectivity index (χ1n) is 10.5. The molecule has 0 spiro atoms. The van der Waals surface area contributed by atoms with E-state index in [-0.39, 0.29) is 18.9 Å². The van der Waals surface area contributed by atoms with Gasteiger partial charge in [0.2, 0.25) is 5.91 Å². The standard InChI is InChI=1S/C25H28N2O4/c26-23(16-24(29)30)25(31)27-13-11-21(12-14-27)15-20-7-3-18(4-8-20)1-2-19-5-9-22(17-28)10-6-19/h3-10,21,23,28H,11-17,26H2,(H,29,30)/t23-/m1/s1. The monoisotopic (exact) mass is 420 g/mol. The number of carbonyl (C=O) groups excluding carboxylic acids is 1. The third-order valence-electron chi connectivity index (χ3n) is 5.60. The number of hydrogen-bond donors (Lipinski definition) is 3. The molecule has 1 aliphatic heterocycles. The van der Waals surface area contributed by atoms with Gasteiger partial charge in [-0.25, -0.2) is 0 Å². The average molecular weight is 421 g/mol. The Kier molecular flexibility index (Phi) is 7.82. The van der Waals surface area contributed by atoms with Crippen molar-refractivity contribution in [1.82, 2.24) is 4.90 Å². The minimum Gasteiger partial charge on any atom is -0.481 e. The lowest BCUT2D eigenvalue weighted by molar-refractivity contribution is -0.142. The summed E-state index contributed by atoms with van der Waals surface area (Å²) in [7, 11) is 0. The van der Waals surface area contributed by atoms with Crippen LogP contribution < -0.4 is 5.73 Å². The van der Waals surface area contributed by atoms with Crippen LogP contribution in [0, 0.1) is 17.8 Å². The van der Waals surface area contributed by atoms with Crippen LogP contribution in [0.25, 0.3) is 0 Å². The first kappa shape index (κ1) is 22.5. The third-order valence-corrected chi connectivity index (χ3v) is 5.60. The van der Waals surface area contributed by atoms with Gasteiger partial charge in [0.25, 0.3) is 0 Å². The Morgan fingerprint density at radius 3 is 1.97 bits per heavy atom. The van der Waals surface area contributed by atoms with Crippen molar-refractivity contribution in [1.29, 1.82) is 0 Å². The second-order valence-electron chi connectivity index (χ2n) is 7.98. The molecule has 1 heterocycles. The third kappa shape index (κ3) is 6.68. The lowest BCUT2D eigenvalue weighted by atomic mass is 9.89. The van der Waals surface area contributed by atoms with E-state index >= 15 is 0 Å². The van der Waals surface area contributed by atoms with Crippen LogP contribution in [0.3, 0.4) is 0 Å². The van der Waals surface area contributed by atoms with Crippen molar-refractivity contribution >= 4 is 11.9 Å². The fourth-order valence-corrected chi connectivity index (χ4v) is 3.76. The van der Waals surface area contributed by atoms with Crippen LogP contribution in [0.15, 0.2) is 48.5 Å². The van der Waals surface area contributed by atoms with Crippen molar-refractivity contribution in [2.75, 3.05) is 13.1 Å². The molecule has 1 saturated heterocycles. The maximum atomic E-state index is 12.2. The smallest absolute Gasteiger partial charge is 0.305 e. The fourth-order valence-electron chi connectivity index (χ4n) is 3.76. The van der Waals surface area contributed by atoms with Gasteiger partial charge in [-0.1, -0.05) is 36.1 Å². The zero-order valence-corrected chi connectivity index (χ0v) is 17.5. The molecule has 6 nitrogen and oxygen atoms in total. The molecule has 31 heavy (non-hydrogen) atoms. The average Bonchev–Trinajstić information content (AvgIpc) is 2.78. The van der Waals surface area contributed by atoms with Crippen molar-refractivity contribution in [3.05, 3.63) is 70.8 Å². The van der Waals surface area contributed by atoms with E-state index in [9.17, 15) is 9.59 Å². The summed E-state index contributed by atoms with van der Waals surface area (Å²) in [5.74, 6) is 5.46. The highest BCUT2D eigenvalue weighted by atomic mass is 16.4. The number of rotatable bonds is 6. The van der Waals surface area contributed by atoms with Gasteiger partial charge in [-0.3, -0.25) is 9.59 Å². The minimum absolute atomic E-state index is 0.0305. The molecular formula is C25H28N2O4. The van der Waals surface area contributed by atoms with E-state index in [1.807, 2.05) is 36.4 Å². The summed E-state index contributed by atoms with van der Waals surface area (Å²) in [4.78, 5) is 24.7. The number of aliphatic carboxylic acids is 1. The number of carbonyl (C=O) groups is 2. The van der Waals surface area contributed by atoms with Gasteiger partial charge in [0.05, 0.1) is 19.1 Å². The summed E-state index contributed by atoms with van der Waals surface area (Å²) in [6.07, 6.45) is 2.38. The predicted octanol–water partition coefficient (Wildman–Crippen LogP) is 2.16. The van der Waals surface area contributed by atoms with Crippen LogP contribution in [0.2, 0.25) is 0 Å². The zero-order valence-electron chi connectivity index (χ0n) is 17.5. The summed E-state index contributed by atoms with van der Waals surface area (Å²) >= 11 is 0. The Balaban J connectivity index is 1.49. The lowest BCUT2D eigenvalue weighted by Crippen LogP contribution is -2.48. The molecule has 2 aromatic rings. The van der Waals surface area contributed by atoms with Gasteiger partial charge in [-0.15, -0.1) is 0 Å². The molecule has 4 N–H and O–H groups in total. The molecule has 0 radical (unpaired) electrons. The summed E-state index contributed by atoms with van der Waals surface area (Å²) in [5.41, 5.74) is 9.67. The highest BCUT2D eigenvalue weighted by molar-refractivity contribution is 5.86. The molecular weight excluding hydrogens is 392 g/mol.